The van der Waals surface area contributed by atoms with Crippen molar-refractivity contribution >= 4 is 28.9 Å². The van der Waals surface area contributed by atoms with E-state index in [-0.39, 0.29) is 31.0 Å². The number of aromatic nitrogens is 1. The van der Waals surface area contributed by atoms with Crippen LogP contribution in [0.1, 0.15) is 41.9 Å². The highest BCUT2D eigenvalue weighted by Crippen LogP contribution is 2.32. The first-order valence-corrected chi connectivity index (χ1v) is 10.5. The molecule has 1 atom stereocenters. The van der Waals surface area contributed by atoms with Gasteiger partial charge in [-0.2, -0.15) is 0 Å². The molecule has 0 fully saturated rings. The normalized spacial score (nSPS) is 18.1. The Morgan fingerprint density at radius 2 is 2.00 bits per heavy atom. The summed E-state index contributed by atoms with van der Waals surface area (Å²) in [7, 11) is 0. The predicted molar refractivity (Wildman–Crippen MR) is 113 cm³/mol. The number of esters is 2. The van der Waals surface area contributed by atoms with E-state index in [0.29, 0.717) is 11.5 Å². The fraction of sp³-hybridized carbons (Fsp3) is 0.391. The number of para-hydroxylation sites is 1. The van der Waals surface area contributed by atoms with Crippen molar-refractivity contribution in [2.45, 2.75) is 33.1 Å². The summed E-state index contributed by atoms with van der Waals surface area (Å²) in [4.78, 5) is 42.0. The molecule has 1 aromatic heterocycles. The molecular formula is C23H25N3O5. The lowest BCUT2D eigenvalue weighted by Crippen LogP contribution is -2.45. The third kappa shape index (κ3) is 4.23. The average Bonchev–Trinajstić information content (AvgIpc) is 2.76. The van der Waals surface area contributed by atoms with Crippen molar-refractivity contribution in [1.29, 1.82) is 0 Å². The second-order valence-electron chi connectivity index (χ2n) is 7.84. The van der Waals surface area contributed by atoms with Crippen LogP contribution in [0.4, 0.5) is 4.79 Å². The number of carbonyl (C=O) groups is 3. The molecule has 2 aromatic rings. The number of amides is 2. The summed E-state index contributed by atoms with van der Waals surface area (Å²) < 4.78 is 10.7. The highest BCUT2D eigenvalue weighted by Gasteiger charge is 2.28. The predicted octanol–water partition coefficient (Wildman–Crippen LogP) is 2.65. The second-order valence-corrected chi connectivity index (χ2v) is 7.84. The molecule has 0 radical (unpaired) electrons. The van der Waals surface area contributed by atoms with Crippen LogP contribution in [0.5, 0.6) is 0 Å². The van der Waals surface area contributed by atoms with E-state index in [4.69, 9.17) is 14.5 Å². The van der Waals surface area contributed by atoms with Crippen molar-refractivity contribution in [3.63, 3.8) is 0 Å². The number of fused-ring (bicyclic) bond motifs is 2. The van der Waals surface area contributed by atoms with Gasteiger partial charge in [-0.1, -0.05) is 25.1 Å². The van der Waals surface area contributed by atoms with E-state index >= 15 is 0 Å². The summed E-state index contributed by atoms with van der Waals surface area (Å²) in [5, 5.41) is 5.84. The van der Waals surface area contributed by atoms with Gasteiger partial charge in [-0.15, -0.1) is 0 Å². The number of hydrogen-bond donors (Lipinski definition) is 2. The number of nitrogens with one attached hydrogen (secondary N) is 2. The van der Waals surface area contributed by atoms with Crippen molar-refractivity contribution in [1.82, 2.24) is 15.6 Å². The molecule has 2 amide bonds. The van der Waals surface area contributed by atoms with E-state index in [9.17, 15) is 14.4 Å². The maximum absolute atomic E-state index is 13.2. The molecule has 2 heterocycles. The minimum atomic E-state index is -0.554. The fourth-order valence-electron chi connectivity index (χ4n) is 4.07. The van der Waals surface area contributed by atoms with Crippen LogP contribution >= 0.6 is 0 Å². The van der Waals surface area contributed by atoms with Gasteiger partial charge in [0.05, 0.1) is 35.5 Å². The van der Waals surface area contributed by atoms with Gasteiger partial charge < -0.3 is 20.1 Å². The fourth-order valence-corrected chi connectivity index (χ4v) is 4.07. The first-order valence-electron chi connectivity index (χ1n) is 10.5. The largest absolute Gasteiger partial charge is 0.463 e. The van der Waals surface area contributed by atoms with Crippen LogP contribution in [-0.2, 0) is 27.1 Å². The van der Waals surface area contributed by atoms with Crippen LogP contribution in [0.25, 0.3) is 10.9 Å². The molecule has 0 saturated heterocycles. The molecule has 0 saturated carbocycles. The van der Waals surface area contributed by atoms with Gasteiger partial charge in [0.2, 0.25) is 0 Å². The van der Waals surface area contributed by atoms with Crippen LogP contribution in [0.15, 0.2) is 35.5 Å². The Labute approximate surface area is 180 Å². The molecule has 0 spiro atoms. The zero-order valence-corrected chi connectivity index (χ0v) is 17.6. The van der Waals surface area contributed by atoms with E-state index < -0.39 is 18.0 Å². The van der Waals surface area contributed by atoms with E-state index in [1.54, 1.807) is 6.92 Å². The Morgan fingerprint density at radius 1 is 1.19 bits per heavy atom. The van der Waals surface area contributed by atoms with Gasteiger partial charge >= 0.3 is 18.0 Å². The van der Waals surface area contributed by atoms with Gasteiger partial charge in [0.25, 0.3) is 0 Å². The lowest BCUT2D eigenvalue weighted by atomic mass is 9.84. The molecule has 2 aliphatic rings. The van der Waals surface area contributed by atoms with Crippen molar-refractivity contribution in [3.8, 4) is 0 Å². The average molecular weight is 423 g/mol. The lowest BCUT2D eigenvalue weighted by molar-refractivity contribution is -0.138. The minimum Gasteiger partial charge on any atom is -0.463 e. The van der Waals surface area contributed by atoms with Crippen LogP contribution in [-0.4, -0.2) is 42.7 Å². The molecule has 8 heteroatoms. The van der Waals surface area contributed by atoms with Crippen LogP contribution < -0.4 is 10.6 Å². The Kier molecular flexibility index (Phi) is 5.88. The van der Waals surface area contributed by atoms with Crippen molar-refractivity contribution in [2.75, 3.05) is 19.8 Å². The first-order chi connectivity index (χ1) is 15.0. The van der Waals surface area contributed by atoms with Crippen LogP contribution in [0.2, 0.25) is 0 Å². The third-order valence-corrected chi connectivity index (χ3v) is 5.63. The number of nitrogens with zero attached hydrogens (tertiary/aromatic N) is 1. The molecule has 2 N–H and O–H groups in total. The van der Waals surface area contributed by atoms with E-state index in [1.165, 1.54) is 0 Å². The number of benzene rings is 1. The second kappa shape index (κ2) is 8.75. The van der Waals surface area contributed by atoms with E-state index in [1.807, 2.05) is 24.3 Å². The molecule has 8 nitrogen and oxygen atoms in total. The van der Waals surface area contributed by atoms with Gasteiger partial charge in [-0.25, -0.2) is 14.4 Å². The molecule has 1 aliphatic heterocycles. The van der Waals surface area contributed by atoms with Gasteiger partial charge in [-0.05, 0) is 43.7 Å². The highest BCUT2D eigenvalue weighted by molar-refractivity contribution is 6.05. The van der Waals surface area contributed by atoms with Crippen molar-refractivity contribution in [3.05, 3.63) is 52.4 Å². The molecule has 1 aromatic carbocycles. The van der Waals surface area contributed by atoms with Gasteiger partial charge in [0.15, 0.2) is 0 Å². The Balaban J connectivity index is 1.66. The Hall–Kier alpha value is -3.42. The van der Waals surface area contributed by atoms with Gasteiger partial charge in [0, 0.05) is 11.1 Å². The van der Waals surface area contributed by atoms with Gasteiger partial charge in [0.1, 0.15) is 6.61 Å². The molecule has 0 unspecified atom stereocenters. The number of pyridine rings is 1. The van der Waals surface area contributed by atoms with Crippen molar-refractivity contribution in [2.24, 2.45) is 5.92 Å². The molecule has 162 valence electrons. The molecular weight excluding hydrogens is 398 g/mol. The summed E-state index contributed by atoms with van der Waals surface area (Å²) in [6.07, 6.45) is 2.61. The number of ether oxygens (including phenoxy) is 2. The molecule has 0 bridgehead atoms. The Morgan fingerprint density at radius 3 is 2.81 bits per heavy atom. The summed E-state index contributed by atoms with van der Waals surface area (Å²) in [6.45, 7) is 3.85. The number of aryl methyl sites for hydroxylation is 1. The first kappa shape index (κ1) is 20.8. The molecule has 31 heavy (non-hydrogen) atoms. The standard InChI is InChI=1S/C23H25N3O5/c1-3-30-21(27)16-11-24-23(29)26-19(16)12-31-22(28)20-14-6-4-5-7-17(14)25-18-9-8-13(2)10-15(18)20/h4-7,13H,3,8-12H2,1-2H3,(H2,24,26,29)/t13-/m1/s1. The number of carbonyl (C=O) groups excluding carboxylic acids is 3. The molecule has 4 rings (SSSR count). The van der Waals surface area contributed by atoms with Crippen LogP contribution in [0.3, 0.4) is 0 Å². The SMILES string of the molecule is CCOC(=O)C1=C(COC(=O)c2c3c(nc4ccccc24)CC[C@@H](C)C3)NC(=O)NC1. The summed E-state index contributed by atoms with van der Waals surface area (Å²) in [5.74, 6) is -0.599. The zero-order valence-electron chi connectivity index (χ0n) is 17.6. The highest BCUT2D eigenvalue weighted by atomic mass is 16.5. The van der Waals surface area contributed by atoms with E-state index in [0.717, 1.165) is 41.4 Å². The van der Waals surface area contributed by atoms with Gasteiger partial charge in [-0.3, -0.25) is 4.98 Å². The summed E-state index contributed by atoms with van der Waals surface area (Å²) >= 11 is 0. The zero-order chi connectivity index (χ0) is 22.0. The monoisotopic (exact) mass is 423 g/mol. The van der Waals surface area contributed by atoms with E-state index in [2.05, 4.69) is 17.6 Å². The summed E-state index contributed by atoms with van der Waals surface area (Å²) in [6, 6.07) is 7.06. The quantitative estimate of drug-likeness (QED) is 0.716. The smallest absolute Gasteiger partial charge is 0.339 e. The number of rotatable bonds is 5. The topological polar surface area (TPSA) is 107 Å². The summed E-state index contributed by atoms with van der Waals surface area (Å²) in [5.41, 5.74) is 3.61. The number of urea groups is 1. The third-order valence-electron chi connectivity index (χ3n) is 5.63. The maximum atomic E-state index is 13.2. The number of hydrogen-bond acceptors (Lipinski definition) is 6. The Bertz CT molecular complexity index is 1090. The minimum absolute atomic E-state index is 0.0165. The lowest BCUT2D eigenvalue weighted by Gasteiger charge is -2.24. The molecule has 1 aliphatic carbocycles. The van der Waals surface area contributed by atoms with Crippen LogP contribution in [0, 0.1) is 5.92 Å². The van der Waals surface area contributed by atoms with Crippen molar-refractivity contribution < 1.29 is 23.9 Å². The maximum Gasteiger partial charge on any atom is 0.339 e.